The molecule has 2 saturated heterocycles. The number of fused-ring (bicyclic) bond motifs is 1. The maximum atomic E-state index is 6.71. The third-order valence-corrected chi connectivity index (χ3v) is 10.6. The summed E-state index contributed by atoms with van der Waals surface area (Å²) in [5.41, 5.74) is 3.39. The molecule has 2 bridgehead atoms. The van der Waals surface area contributed by atoms with Crippen molar-refractivity contribution in [3.63, 3.8) is 0 Å². The number of pyridine rings is 1. The van der Waals surface area contributed by atoms with E-state index in [1.54, 1.807) is 11.9 Å². The average molecular weight is 568 g/mol. The van der Waals surface area contributed by atoms with E-state index in [9.17, 15) is 0 Å². The molecule has 3 aliphatic carbocycles. The predicted molar refractivity (Wildman–Crippen MR) is 156 cm³/mol. The first-order chi connectivity index (χ1) is 19.0. The highest BCUT2D eigenvalue weighted by molar-refractivity contribution is 7.96. The van der Waals surface area contributed by atoms with Gasteiger partial charge >= 0.3 is 7.12 Å². The van der Waals surface area contributed by atoms with Gasteiger partial charge in [-0.3, -0.25) is 4.72 Å². The lowest BCUT2D eigenvalue weighted by molar-refractivity contribution is -0.150. The minimum atomic E-state index is -0.307. The van der Waals surface area contributed by atoms with Crippen LogP contribution in [0.5, 0.6) is 0 Å². The first kappa shape index (κ1) is 26.2. The fraction of sp³-hybridized carbons (Fsp3) is 0.552. The molecule has 2 aliphatic heterocycles. The van der Waals surface area contributed by atoms with Crippen LogP contribution in [0.1, 0.15) is 37.9 Å². The second-order valence-corrected chi connectivity index (χ2v) is 13.1. The van der Waals surface area contributed by atoms with Crippen molar-refractivity contribution in [2.45, 2.75) is 57.0 Å². The topological polar surface area (TPSA) is 69.0 Å². The lowest BCUT2D eigenvalue weighted by Gasteiger charge is -2.60. The van der Waals surface area contributed by atoms with E-state index in [4.69, 9.17) is 35.0 Å². The van der Waals surface area contributed by atoms with Crippen molar-refractivity contribution in [1.29, 1.82) is 0 Å². The zero-order chi connectivity index (χ0) is 26.6. The number of rotatable bonds is 8. The Labute approximate surface area is 239 Å². The molecule has 10 heteroatoms. The predicted octanol–water partition coefficient (Wildman–Crippen LogP) is 5.54. The Morgan fingerprint density at radius 2 is 2.00 bits per heavy atom. The number of halogens is 1. The number of aromatic nitrogens is 1. The molecule has 1 N–H and O–H groups in total. The zero-order valence-electron chi connectivity index (χ0n) is 22.5. The van der Waals surface area contributed by atoms with Gasteiger partial charge in [0.1, 0.15) is 11.4 Å². The number of hydrogen-bond acceptors (Lipinski definition) is 8. The maximum absolute atomic E-state index is 6.71. The molecule has 7 nitrogen and oxygen atoms in total. The molecular formula is C29H35BClN3O4S. The number of anilines is 1. The summed E-state index contributed by atoms with van der Waals surface area (Å²) in [4.78, 5) is 7.10. The molecule has 4 heterocycles. The number of nitrogens with zero attached hydrogens (tertiary/aromatic N) is 2. The number of morpholine rings is 1. The van der Waals surface area contributed by atoms with E-state index < -0.39 is 0 Å². The monoisotopic (exact) mass is 567 g/mol. The summed E-state index contributed by atoms with van der Waals surface area (Å²) >= 11 is 8.16. The van der Waals surface area contributed by atoms with Crippen LogP contribution in [0.25, 0.3) is 11.0 Å². The van der Waals surface area contributed by atoms with Gasteiger partial charge in [0.05, 0.1) is 54.1 Å². The molecular weight excluding hydrogens is 533 g/mol. The molecule has 8 rings (SSSR count). The van der Waals surface area contributed by atoms with E-state index in [1.165, 1.54) is 6.42 Å². The van der Waals surface area contributed by atoms with Crippen molar-refractivity contribution in [3.05, 3.63) is 58.9 Å². The SMILES string of the molecule is CC1(C)C2CC3OB(C(Cc4coc5ccccc45)NSCc4ccc(Cl)c(N5CCOCC5)n4)OC3C1C2. The number of furan rings is 1. The van der Waals surface area contributed by atoms with Gasteiger partial charge in [0, 0.05) is 18.5 Å². The smallest absolute Gasteiger partial charge is 0.464 e. The van der Waals surface area contributed by atoms with Gasteiger partial charge in [-0.05, 0) is 60.3 Å². The van der Waals surface area contributed by atoms with Crippen LogP contribution < -0.4 is 9.62 Å². The molecule has 3 saturated carbocycles. The van der Waals surface area contributed by atoms with Crippen molar-refractivity contribution in [3.8, 4) is 0 Å². The van der Waals surface area contributed by atoms with E-state index >= 15 is 0 Å². The molecule has 2 aromatic heterocycles. The lowest BCUT2D eigenvalue weighted by atomic mass is 9.47. The first-order valence-electron chi connectivity index (χ1n) is 14.1. The Hall–Kier alpha value is -1.75. The van der Waals surface area contributed by atoms with Crippen LogP contribution in [-0.4, -0.2) is 56.6 Å². The first-order valence-corrected chi connectivity index (χ1v) is 15.4. The molecule has 5 atom stereocenters. The van der Waals surface area contributed by atoms with Gasteiger partial charge in [-0.2, -0.15) is 0 Å². The van der Waals surface area contributed by atoms with Gasteiger partial charge in [0.25, 0.3) is 0 Å². The van der Waals surface area contributed by atoms with Gasteiger partial charge in [-0.25, -0.2) is 4.98 Å². The number of ether oxygens (including phenoxy) is 1. The fourth-order valence-corrected chi connectivity index (χ4v) is 7.97. The summed E-state index contributed by atoms with van der Waals surface area (Å²) in [5, 5.41) is 1.82. The Morgan fingerprint density at radius 1 is 1.15 bits per heavy atom. The second kappa shape index (κ2) is 10.6. The summed E-state index contributed by atoms with van der Waals surface area (Å²) in [6.07, 6.45) is 5.35. The van der Waals surface area contributed by atoms with Gasteiger partial charge < -0.3 is 23.4 Å². The lowest BCUT2D eigenvalue weighted by Crippen LogP contribution is -2.59. The van der Waals surface area contributed by atoms with E-state index in [1.807, 2.05) is 30.5 Å². The van der Waals surface area contributed by atoms with Crippen LogP contribution in [0.3, 0.4) is 0 Å². The largest absolute Gasteiger partial charge is 0.477 e. The summed E-state index contributed by atoms with van der Waals surface area (Å²) < 4.78 is 28.4. The molecule has 3 aromatic rings. The second-order valence-electron chi connectivity index (χ2n) is 11.9. The number of para-hydroxylation sites is 1. The number of nitrogens with one attached hydrogen (secondary N) is 1. The van der Waals surface area contributed by atoms with Crippen LogP contribution >= 0.6 is 23.5 Å². The van der Waals surface area contributed by atoms with Gasteiger partial charge in [0.15, 0.2) is 0 Å². The molecule has 39 heavy (non-hydrogen) atoms. The van der Waals surface area contributed by atoms with E-state index in [0.717, 1.165) is 59.9 Å². The molecule has 5 unspecified atom stereocenters. The molecule has 5 aliphatic rings. The van der Waals surface area contributed by atoms with Crippen molar-refractivity contribution in [2.24, 2.45) is 17.3 Å². The summed E-state index contributed by atoms with van der Waals surface area (Å²) in [5.74, 6) is 2.82. The molecule has 0 spiro atoms. The maximum Gasteiger partial charge on any atom is 0.477 e. The summed E-state index contributed by atoms with van der Waals surface area (Å²) in [7, 11) is -0.307. The molecule has 0 radical (unpaired) electrons. The minimum Gasteiger partial charge on any atom is -0.464 e. The number of benzene rings is 1. The third kappa shape index (κ3) is 4.89. The van der Waals surface area contributed by atoms with Crippen LogP contribution in [0, 0.1) is 17.3 Å². The normalized spacial score (nSPS) is 28.4. The highest BCUT2D eigenvalue weighted by Gasteiger charge is 2.62. The number of hydrogen-bond donors (Lipinski definition) is 1. The molecule has 0 amide bonds. The Morgan fingerprint density at radius 3 is 2.85 bits per heavy atom. The van der Waals surface area contributed by atoms with Gasteiger partial charge in [-0.1, -0.05) is 55.6 Å². The average Bonchev–Trinajstić information content (AvgIpc) is 3.58. The highest BCUT2D eigenvalue weighted by Crippen LogP contribution is 2.61. The van der Waals surface area contributed by atoms with Crippen molar-refractivity contribution in [2.75, 3.05) is 31.2 Å². The standard InChI is InChI=1S/C29H35BClN3O4S/c1-29(2)19-14-22(29)27-25(15-19)37-30(38-27)26(13-18-16-36-24-6-4-3-5-21(18)24)33-39-17-20-7-8-23(31)28(32-20)34-9-11-35-12-10-34/h3-8,16,19,22,25-27,33H,9-15,17H2,1-2H3. The highest BCUT2D eigenvalue weighted by atomic mass is 35.5. The summed E-state index contributed by atoms with van der Waals surface area (Å²) in [6.45, 7) is 7.80. The van der Waals surface area contributed by atoms with Crippen LogP contribution in [0.15, 0.2) is 47.1 Å². The van der Waals surface area contributed by atoms with E-state index in [2.05, 4.69) is 35.6 Å². The summed E-state index contributed by atoms with van der Waals surface area (Å²) in [6, 6.07) is 12.2. The molecule has 5 fully saturated rings. The van der Waals surface area contributed by atoms with E-state index in [-0.39, 0.29) is 25.3 Å². The van der Waals surface area contributed by atoms with Crippen molar-refractivity contribution < 1.29 is 18.5 Å². The molecule has 1 aromatic carbocycles. The Balaban J connectivity index is 1.07. The van der Waals surface area contributed by atoms with Crippen LogP contribution in [0.4, 0.5) is 5.82 Å². The van der Waals surface area contributed by atoms with Crippen molar-refractivity contribution in [1.82, 2.24) is 9.71 Å². The third-order valence-electron chi connectivity index (χ3n) is 9.41. The quantitative estimate of drug-likeness (QED) is 0.281. The fourth-order valence-electron chi connectivity index (χ4n) is 6.94. The van der Waals surface area contributed by atoms with Crippen molar-refractivity contribution >= 4 is 47.5 Å². The Bertz CT molecular complexity index is 1330. The van der Waals surface area contributed by atoms with E-state index in [0.29, 0.717) is 35.3 Å². The van der Waals surface area contributed by atoms with Crippen LogP contribution in [-0.2, 0) is 26.2 Å². The Kier molecular flexibility index (Phi) is 7.10. The van der Waals surface area contributed by atoms with Gasteiger partial charge in [0.2, 0.25) is 0 Å². The minimum absolute atomic E-state index is 0.0343. The van der Waals surface area contributed by atoms with Crippen LogP contribution in [0.2, 0.25) is 5.02 Å². The molecule has 206 valence electrons. The zero-order valence-corrected chi connectivity index (χ0v) is 24.0. The van der Waals surface area contributed by atoms with Gasteiger partial charge in [-0.15, -0.1) is 0 Å².